The Hall–Kier alpha value is -3.85. The van der Waals surface area contributed by atoms with Gasteiger partial charge in [-0.3, -0.25) is 14.3 Å². The second kappa shape index (κ2) is 8.59. The van der Waals surface area contributed by atoms with Gasteiger partial charge in [-0.25, -0.2) is 18.6 Å². The standard InChI is InChI=1S/C24H20F2N4O3/c25-17-5-6-19(26)18(14-17)23(31)16-4-7-20-21(13-16)33-24(32)30(20)15-28-9-11-29(12-10-28)22-3-1-2-8-27-22/h1-8,13-14H,9-12,15H2. The molecule has 33 heavy (non-hydrogen) atoms. The second-order valence-corrected chi connectivity index (χ2v) is 7.87. The lowest BCUT2D eigenvalue weighted by Crippen LogP contribution is -2.47. The molecular formula is C24H20F2N4O3. The first-order valence-corrected chi connectivity index (χ1v) is 10.5. The van der Waals surface area contributed by atoms with Crippen molar-refractivity contribution in [1.29, 1.82) is 0 Å². The van der Waals surface area contributed by atoms with Crippen LogP contribution in [-0.4, -0.2) is 46.4 Å². The maximum absolute atomic E-state index is 14.0. The number of carbonyl (C=O) groups is 1. The van der Waals surface area contributed by atoms with Gasteiger partial charge in [0, 0.05) is 37.9 Å². The SMILES string of the molecule is O=C(c1ccc2c(c1)oc(=O)n2CN1CCN(c2ccccn2)CC1)c1cc(F)ccc1F. The van der Waals surface area contributed by atoms with E-state index in [4.69, 9.17) is 4.42 Å². The van der Waals surface area contributed by atoms with Gasteiger partial charge in [0.1, 0.15) is 17.5 Å². The monoisotopic (exact) mass is 450 g/mol. The molecule has 0 aliphatic carbocycles. The van der Waals surface area contributed by atoms with Crippen LogP contribution in [0.2, 0.25) is 0 Å². The van der Waals surface area contributed by atoms with Crippen LogP contribution in [0.25, 0.3) is 11.1 Å². The minimum absolute atomic E-state index is 0.108. The highest BCUT2D eigenvalue weighted by atomic mass is 19.1. The van der Waals surface area contributed by atoms with E-state index in [1.165, 1.54) is 16.7 Å². The molecule has 2 aromatic carbocycles. The molecule has 3 heterocycles. The van der Waals surface area contributed by atoms with Crippen LogP contribution in [0.5, 0.6) is 0 Å². The Morgan fingerprint density at radius 3 is 2.58 bits per heavy atom. The summed E-state index contributed by atoms with van der Waals surface area (Å²) in [5, 5.41) is 0. The summed E-state index contributed by atoms with van der Waals surface area (Å²) in [4.78, 5) is 33.9. The molecule has 9 heteroatoms. The molecule has 2 aromatic heterocycles. The predicted octanol–water partition coefficient (Wildman–Crippen LogP) is 3.28. The number of carbonyl (C=O) groups excluding carboxylic acids is 1. The fourth-order valence-corrected chi connectivity index (χ4v) is 4.03. The van der Waals surface area contributed by atoms with Gasteiger partial charge in [0.05, 0.1) is 17.7 Å². The number of nitrogens with zero attached hydrogens (tertiary/aromatic N) is 4. The Morgan fingerprint density at radius 2 is 1.82 bits per heavy atom. The van der Waals surface area contributed by atoms with Crippen molar-refractivity contribution in [1.82, 2.24) is 14.5 Å². The lowest BCUT2D eigenvalue weighted by Gasteiger charge is -2.35. The number of piperazine rings is 1. The molecule has 7 nitrogen and oxygen atoms in total. The molecule has 0 atom stereocenters. The summed E-state index contributed by atoms with van der Waals surface area (Å²) in [7, 11) is 0. The van der Waals surface area contributed by atoms with Gasteiger partial charge in [-0.1, -0.05) is 6.07 Å². The molecule has 0 radical (unpaired) electrons. The van der Waals surface area contributed by atoms with Gasteiger partial charge in [0.2, 0.25) is 0 Å². The number of rotatable bonds is 5. The van der Waals surface area contributed by atoms with E-state index in [0.29, 0.717) is 12.2 Å². The zero-order valence-corrected chi connectivity index (χ0v) is 17.6. The summed E-state index contributed by atoms with van der Waals surface area (Å²) < 4.78 is 34.3. The number of anilines is 1. The average Bonchev–Trinajstić information content (AvgIpc) is 3.15. The van der Waals surface area contributed by atoms with E-state index >= 15 is 0 Å². The Morgan fingerprint density at radius 1 is 1.00 bits per heavy atom. The highest BCUT2D eigenvalue weighted by Gasteiger charge is 2.21. The van der Waals surface area contributed by atoms with E-state index in [2.05, 4.69) is 14.8 Å². The molecule has 5 rings (SSSR count). The Balaban J connectivity index is 1.34. The summed E-state index contributed by atoms with van der Waals surface area (Å²) in [6, 6.07) is 13.0. The van der Waals surface area contributed by atoms with Crippen LogP contribution in [0.1, 0.15) is 15.9 Å². The van der Waals surface area contributed by atoms with Gasteiger partial charge >= 0.3 is 5.76 Å². The van der Waals surface area contributed by atoms with Crippen molar-refractivity contribution >= 4 is 22.7 Å². The van der Waals surface area contributed by atoms with Crippen LogP contribution >= 0.6 is 0 Å². The fourth-order valence-electron chi connectivity index (χ4n) is 4.03. The predicted molar refractivity (Wildman–Crippen MR) is 118 cm³/mol. The van der Waals surface area contributed by atoms with Crippen LogP contribution in [0.15, 0.2) is 70.0 Å². The molecule has 168 valence electrons. The maximum Gasteiger partial charge on any atom is 0.421 e. The van der Waals surface area contributed by atoms with Crippen molar-refractivity contribution in [3.05, 3.63) is 94.1 Å². The highest BCUT2D eigenvalue weighted by molar-refractivity contribution is 6.10. The molecule has 0 bridgehead atoms. The molecule has 0 saturated carbocycles. The van der Waals surface area contributed by atoms with Crippen LogP contribution in [0.3, 0.4) is 0 Å². The Kier molecular flexibility index (Phi) is 5.47. The molecule has 0 unspecified atom stereocenters. The first-order chi connectivity index (χ1) is 16.0. The van der Waals surface area contributed by atoms with Crippen LogP contribution < -0.4 is 10.7 Å². The molecule has 4 aromatic rings. The van der Waals surface area contributed by atoms with E-state index in [-0.39, 0.29) is 16.7 Å². The fraction of sp³-hybridized carbons (Fsp3) is 0.208. The van der Waals surface area contributed by atoms with Gasteiger partial charge in [-0.05, 0) is 48.5 Å². The molecule has 1 saturated heterocycles. The minimum Gasteiger partial charge on any atom is -0.408 e. The van der Waals surface area contributed by atoms with Gasteiger partial charge in [-0.2, -0.15) is 0 Å². The van der Waals surface area contributed by atoms with Crippen LogP contribution in [-0.2, 0) is 6.67 Å². The van der Waals surface area contributed by atoms with E-state index in [1.807, 2.05) is 18.2 Å². The van der Waals surface area contributed by atoms with Gasteiger partial charge in [-0.15, -0.1) is 0 Å². The minimum atomic E-state index is -0.814. The van der Waals surface area contributed by atoms with Gasteiger partial charge in [0.15, 0.2) is 11.4 Å². The van der Waals surface area contributed by atoms with Crippen molar-refractivity contribution in [3.8, 4) is 0 Å². The largest absolute Gasteiger partial charge is 0.421 e. The first-order valence-electron chi connectivity index (χ1n) is 10.5. The molecular weight excluding hydrogens is 430 g/mol. The molecule has 1 aliphatic rings. The number of fused-ring (bicyclic) bond motifs is 1. The first kappa shape index (κ1) is 21.0. The van der Waals surface area contributed by atoms with Crippen molar-refractivity contribution < 1.29 is 18.0 Å². The van der Waals surface area contributed by atoms with Gasteiger partial charge < -0.3 is 9.32 Å². The zero-order chi connectivity index (χ0) is 22.9. The molecule has 0 N–H and O–H groups in total. The third-order valence-electron chi connectivity index (χ3n) is 5.79. The maximum atomic E-state index is 14.0. The summed E-state index contributed by atoms with van der Waals surface area (Å²) >= 11 is 0. The van der Waals surface area contributed by atoms with E-state index in [9.17, 15) is 18.4 Å². The second-order valence-electron chi connectivity index (χ2n) is 7.87. The summed E-state index contributed by atoms with van der Waals surface area (Å²) in [5.74, 6) is -1.82. The number of ketones is 1. The van der Waals surface area contributed by atoms with E-state index in [0.717, 1.165) is 50.2 Å². The number of oxazole rings is 1. The zero-order valence-electron chi connectivity index (χ0n) is 17.6. The number of hydrogen-bond acceptors (Lipinski definition) is 6. The number of pyridine rings is 1. The van der Waals surface area contributed by atoms with Crippen molar-refractivity contribution in [3.63, 3.8) is 0 Å². The molecule has 0 spiro atoms. The van der Waals surface area contributed by atoms with Crippen molar-refractivity contribution in [2.75, 3.05) is 31.1 Å². The summed E-state index contributed by atoms with van der Waals surface area (Å²) in [5.41, 5.74) is 0.483. The highest BCUT2D eigenvalue weighted by Crippen LogP contribution is 2.21. The normalized spacial score (nSPS) is 14.7. The molecule has 0 amide bonds. The lowest BCUT2D eigenvalue weighted by molar-refractivity contribution is 0.103. The third-order valence-corrected chi connectivity index (χ3v) is 5.79. The number of aromatic nitrogens is 2. The van der Waals surface area contributed by atoms with Crippen LogP contribution in [0.4, 0.5) is 14.6 Å². The van der Waals surface area contributed by atoms with Crippen molar-refractivity contribution in [2.45, 2.75) is 6.67 Å². The Bertz CT molecular complexity index is 1380. The van der Waals surface area contributed by atoms with Gasteiger partial charge in [0.25, 0.3) is 0 Å². The quantitative estimate of drug-likeness (QED) is 0.435. The molecule has 1 fully saturated rings. The topological polar surface area (TPSA) is 71.6 Å². The van der Waals surface area contributed by atoms with E-state index < -0.39 is 23.2 Å². The summed E-state index contributed by atoms with van der Waals surface area (Å²) in [6.07, 6.45) is 1.76. The lowest BCUT2D eigenvalue weighted by atomic mass is 10.0. The molecule has 1 aliphatic heterocycles. The number of hydrogen-bond donors (Lipinski definition) is 0. The number of benzene rings is 2. The van der Waals surface area contributed by atoms with Crippen LogP contribution in [0, 0.1) is 11.6 Å². The average molecular weight is 450 g/mol. The van der Waals surface area contributed by atoms with E-state index in [1.54, 1.807) is 12.3 Å². The van der Waals surface area contributed by atoms with Crippen molar-refractivity contribution in [2.24, 2.45) is 0 Å². The summed E-state index contributed by atoms with van der Waals surface area (Å²) in [6.45, 7) is 3.38. The smallest absolute Gasteiger partial charge is 0.408 e. The Labute approximate surface area is 187 Å². The number of halogens is 2. The third kappa shape index (κ3) is 4.14.